The van der Waals surface area contributed by atoms with Crippen molar-refractivity contribution >= 4 is 50.4 Å². The van der Waals surface area contributed by atoms with Crippen LogP contribution in [0.5, 0.6) is 23.0 Å². The quantitative estimate of drug-likeness (QED) is 0.0365. The van der Waals surface area contributed by atoms with E-state index in [0.717, 1.165) is 47.3 Å². The third kappa shape index (κ3) is 16.0. The van der Waals surface area contributed by atoms with Crippen molar-refractivity contribution in [3.8, 4) is 23.0 Å². The smallest absolute Gasteiger partial charge is 0.249 e. The molecule has 2 heterocycles. The summed E-state index contributed by atoms with van der Waals surface area (Å²) in [6.45, 7) is 11.1. The Labute approximate surface area is 420 Å². The van der Waals surface area contributed by atoms with E-state index in [2.05, 4.69) is 62.7 Å². The molecular weight excluding hydrogens is 951 g/mol. The van der Waals surface area contributed by atoms with E-state index < -0.39 is 38.2 Å². The van der Waals surface area contributed by atoms with Gasteiger partial charge in [-0.05, 0) is 141 Å². The van der Waals surface area contributed by atoms with E-state index in [9.17, 15) is 26.8 Å². The molecule has 388 valence electrons. The van der Waals surface area contributed by atoms with Crippen LogP contribution in [-0.2, 0) is 9.84 Å². The number of halogens is 2. The summed E-state index contributed by atoms with van der Waals surface area (Å²) in [6, 6.07) is 21.9. The van der Waals surface area contributed by atoms with Crippen LogP contribution in [0.4, 0.5) is 37.7 Å². The summed E-state index contributed by atoms with van der Waals surface area (Å²) in [5, 5.41) is 2.58. The Hall–Kier alpha value is -7.49. The molecule has 0 bridgehead atoms. The summed E-state index contributed by atoms with van der Waals surface area (Å²) in [4.78, 5) is 45.2. The van der Waals surface area contributed by atoms with Crippen LogP contribution in [0.1, 0.15) is 73.9 Å². The van der Waals surface area contributed by atoms with Crippen LogP contribution in [0.15, 0.2) is 102 Å². The molecule has 0 radical (unpaired) electrons. The van der Waals surface area contributed by atoms with Gasteiger partial charge in [0, 0.05) is 34.8 Å². The highest BCUT2D eigenvalue weighted by molar-refractivity contribution is 7.91. The number of nitrogens with two attached hydrogens (primary N) is 3. The van der Waals surface area contributed by atoms with Crippen molar-refractivity contribution < 1.29 is 45.7 Å². The van der Waals surface area contributed by atoms with Crippen molar-refractivity contribution in [1.29, 1.82) is 0 Å². The molecule has 4 aromatic carbocycles. The van der Waals surface area contributed by atoms with Gasteiger partial charge in [-0.2, -0.15) is 4.98 Å². The molecule has 0 amide bonds. The zero-order valence-electron chi connectivity index (χ0n) is 41.7. The lowest BCUT2D eigenvalue weighted by Crippen LogP contribution is -2.43. The second kappa shape index (κ2) is 25.6. The maximum absolute atomic E-state index is 13.6. The van der Waals surface area contributed by atoms with E-state index in [-0.39, 0.29) is 75.6 Å². The zero-order chi connectivity index (χ0) is 52.8. The van der Waals surface area contributed by atoms with E-state index in [1.807, 2.05) is 76.7 Å². The summed E-state index contributed by atoms with van der Waals surface area (Å²) in [5.41, 5.74) is 18.6. The van der Waals surface area contributed by atoms with Gasteiger partial charge in [0.25, 0.3) is 0 Å². The predicted octanol–water partition coefficient (Wildman–Crippen LogP) is 7.76. The average molecular weight is 1020 g/mol. The van der Waals surface area contributed by atoms with Gasteiger partial charge < -0.3 is 51.3 Å². The molecule has 0 aliphatic heterocycles. The summed E-state index contributed by atoms with van der Waals surface area (Å²) < 4.78 is 72.2. The number of nitrogens with zero attached hydrogens (tertiary/aromatic N) is 6. The Morgan fingerprint density at radius 1 is 0.639 bits per heavy atom. The number of ether oxygens (including phenoxy) is 4. The fraction of sp³-hybridized carbons (Fsp3) is 0.333. The number of carbonyl (C=O) groups is 2. The van der Waals surface area contributed by atoms with Crippen molar-refractivity contribution in [2.24, 2.45) is 0 Å². The second-order valence-electron chi connectivity index (χ2n) is 17.4. The number of nitrogen functional groups attached to an aromatic ring is 3. The van der Waals surface area contributed by atoms with Crippen LogP contribution >= 0.6 is 0 Å². The lowest BCUT2D eigenvalue weighted by molar-refractivity contribution is 0.102. The Balaban J connectivity index is 0.000000305. The average Bonchev–Trinajstić information content (AvgIpc) is 3.33. The van der Waals surface area contributed by atoms with E-state index in [1.54, 1.807) is 0 Å². The summed E-state index contributed by atoms with van der Waals surface area (Å²) in [7, 11) is 7.20. The molecule has 0 saturated carbocycles. The molecule has 0 atom stereocenters. The predicted molar refractivity (Wildman–Crippen MR) is 277 cm³/mol. The Bertz CT molecular complexity index is 2890. The summed E-state index contributed by atoms with van der Waals surface area (Å²) in [5.74, 6) is -0.710. The van der Waals surface area contributed by atoms with E-state index in [1.165, 1.54) is 45.5 Å². The van der Waals surface area contributed by atoms with Crippen molar-refractivity contribution in [1.82, 2.24) is 29.7 Å². The van der Waals surface area contributed by atoms with Gasteiger partial charge in [-0.1, -0.05) is 14.4 Å². The lowest BCUT2D eigenvalue weighted by atomic mass is 10.0. The third-order valence-electron chi connectivity index (χ3n) is 11.2. The van der Waals surface area contributed by atoms with Crippen molar-refractivity contribution in [2.75, 3.05) is 83.9 Å². The van der Waals surface area contributed by atoms with Gasteiger partial charge in [0.15, 0.2) is 0 Å². The first-order valence-corrected chi connectivity index (χ1v) is 23.5. The van der Waals surface area contributed by atoms with Crippen LogP contribution in [0.2, 0.25) is 0 Å². The number of hydrogen-bond acceptors (Lipinski definition) is 18. The van der Waals surface area contributed by atoms with Gasteiger partial charge in [0.2, 0.25) is 32.5 Å². The summed E-state index contributed by atoms with van der Waals surface area (Å²) in [6.07, 6.45) is 2.32. The lowest BCUT2D eigenvalue weighted by Gasteiger charge is -2.32. The number of aromatic nitrogens is 4. The Morgan fingerprint density at radius 2 is 1.06 bits per heavy atom. The number of anilines is 5. The minimum absolute atomic E-state index is 0. The molecule has 0 saturated heterocycles. The van der Waals surface area contributed by atoms with E-state index in [4.69, 9.17) is 36.1 Å². The zero-order valence-corrected chi connectivity index (χ0v) is 42.5. The highest BCUT2D eigenvalue weighted by Gasteiger charge is 2.25. The summed E-state index contributed by atoms with van der Waals surface area (Å²) >= 11 is 0. The highest BCUT2D eigenvalue weighted by atomic mass is 32.2. The molecule has 0 fully saturated rings. The number of carbonyl (C=O) groups excluding carboxylic acids is 2. The number of ketones is 2. The molecule has 72 heavy (non-hydrogen) atoms. The first kappa shape index (κ1) is 58.8. The highest BCUT2D eigenvalue weighted by Crippen LogP contribution is 2.27. The molecule has 21 heteroatoms. The monoisotopic (exact) mass is 1020 g/mol. The van der Waals surface area contributed by atoms with Crippen LogP contribution in [0.3, 0.4) is 0 Å². The topological polar surface area (TPSA) is 253 Å². The number of likely N-dealkylation sites (N-methyl/N-ethyl adjacent to an activating group) is 2. The standard InChI is InChI=1S/C24H28FN5O3.C14H14FN3O4S.C12H20N2O.CH4/c1-24(2,30(3)4)14-33-17-9-7-16(8-10-17)28-23-27-13-19(22(26)29-23)21(31)18-12-15(25)6-11-20(18)32-5;1-3-23(20,21)14-17-7-10(13(16)18-14)12(19)9-6-8(15)4-5-11(9)22-2;1-12(2,14(3)4)9-15-11-7-5-10(13)6-8-11;/h6-13H,14H2,1-5H3,(H3,26,27,28,29);4-7H,3H2,1-2H3,(H2,16,17,18);5-8H,9,13H2,1-4H3;1H4. The van der Waals surface area contributed by atoms with E-state index >= 15 is 0 Å². The normalized spacial score (nSPS) is 11.3. The van der Waals surface area contributed by atoms with Crippen LogP contribution in [0, 0.1) is 11.6 Å². The number of sulfone groups is 1. The number of hydrogen-bond donors (Lipinski definition) is 4. The molecule has 0 aliphatic rings. The number of nitrogens with one attached hydrogen (secondary N) is 1. The van der Waals surface area contributed by atoms with Crippen molar-refractivity contribution in [3.05, 3.63) is 131 Å². The Morgan fingerprint density at radius 3 is 1.44 bits per heavy atom. The number of methoxy groups -OCH3 is 2. The molecular formula is C51H66F2N10O8S. The molecule has 7 N–H and O–H groups in total. The van der Waals surface area contributed by atoms with Crippen LogP contribution in [0.25, 0.3) is 0 Å². The molecule has 18 nitrogen and oxygen atoms in total. The van der Waals surface area contributed by atoms with Crippen LogP contribution in [-0.4, -0.2) is 122 Å². The number of rotatable bonds is 18. The fourth-order valence-corrected chi connectivity index (χ4v) is 6.28. The van der Waals surface area contributed by atoms with Gasteiger partial charge in [-0.25, -0.2) is 32.2 Å². The van der Waals surface area contributed by atoms with Gasteiger partial charge in [-0.3, -0.25) is 9.59 Å². The molecule has 6 rings (SSSR count). The van der Waals surface area contributed by atoms with Gasteiger partial charge in [0.1, 0.15) is 59.5 Å². The largest absolute Gasteiger partial charge is 0.496 e. The molecule has 2 aromatic heterocycles. The molecule has 0 aliphatic carbocycles. The second-order valence-corrected chi connectivity index (χ2v) is 19.6. The van der Waals surface area contributed by atoms with Gasteiger partial charge >= 0.3 is 0 Å². The minimum atomic E-state index is -3.65. The van der Waals surface area contributed by atoms with Gasteiger partial charge in [0.05, 0.1) is 42.2 Å². The first-order chi connectivity index (χ1) is 33.3. The Kier molecular flexibility index (Phi) is 20.9. The number of benzene rings is 4. The third-order valence-corrected chi connectivity index (χ3v) is 12.7. The SMILES string of the molecule is C.CCS(=O)(=O)c1ncc(C(=O)c2cc(F)ccc2OC)c(N)n1.CN(C)C(C)(C)COc1ccc(N)cc1.COc1ccc(F)cc1C(=O)c1cnc(Nc2ccc(OCC(C)(C)N(C)C)cc2)nc1N. The minimum Gasteiger partial charge on any atom is -0.496 e. The van der Waals surface area contributed by atoms with E-state index in [0.29, 0.717) is 13.2 Å². The van der Waals surface area contributed by atoms with Gasteiger partial charge in [-0.15, -0.1) is 0 Å². The van der Waals surface area contributed by atoms with Crippen molar-refractivity contribution in [2.45, 2.75) is 58.3 Å². The van der Waals surface area contributed by atoms with Crippen molar-refractivity contribution in [3.63, 3.8) is 0 Å². The molecule has 0 spiro atoms. The fourth-order valence-electron chi connectivity index (χ4n) is 5.57. The maximum Gasteiger partial charge on any atom is 0.249 e. The first-order valence-electron chi connectivity index (χ1n) is 21.9. The molecule has 6 aromatic rings. The van der Waals surface area contributed by atoms with Crippen LogP contribution < -0.4 is 41.5 Å². The maximum atomic E-state index is 13.6. The molecule has 0 unspecified atom stereocenters.